The molecule has 2 aromatic carbocycles. The van der Waals surface area contributed by atoms with E-state index in [2.05, 4.69) is 42.4 Å². The molecular weight excluding hydrogens is 488 g/mol. The molecule has 2 aromatic rings. The first-order valence-electron chi connectivity index (χ1n) is 14.6. The molecule has 7 nitrogen and oxygen atoms in total. The number of ether oxygens (including phenoxy) is 1. The van der Waals surface area contributed by atoms with E-state index in [0.29, 0.717) is 19.5 Å². The first-order chi connectivity index (χ1) is 18.9. The Kier molecular flexibility index (Phi) is 15.4. The number of amides is 1. The minimum absolute atomic E-state index is 0.0454. The number of nitrogens with zero attached hydrogens (tertiary/aromatic N) is 4. The van der Waals surface area contributed by atoms with Crippen LogP contribution in [0.25, 0.3) is 0 Å². The first kappa shape index (κ1) is 32.5. The lowest BCUT2D eigenvalue weighted by atomic mass is 10.1. The van der Waals surface area contributed by atoms with Crippen molar-refractivity contribution in [2.45, 2.75) is 59.7 Å². The second-order valence-corrected chi connectivity index (χ2v) is 9.89. The summed E-state index contributed by atoms with van der Waals surface area (Å²) in [5, 5.41) is 0. The fourth-order valence-electron chi connectivity index (χ4n) is 4.89. The Morgan fingerprint density at radius 2 is 1.13 bits per heavy atom. The van der Waals surface area contributed by atoms with Crippen LogP contribution >= 0.6 is 0 Å². The molecule has 7 heteroatoms. The number of esters is 1. The molecule has 0 aliphatic carbocycles. The summed E-state index contributed by atoms with van der Waals surface area (Å²) in [4.78, 5) is 35.6. The average molecular weight is 539 g/mol. The highest BCUT2D eigenvalue weighted by Crippen LogP contribution is 2.16. The number of likely N-dealkylation sites (N-methyl/N-ethyl adjacent to an activating group) is 2. The van der Waals surface area contributed by atoms with Gasteiger partial charge >= 0.3 is 5.97 Å². The van der Waals surface area contributed by atoms with Gasteiger partial charge in [0.2, 0.25) is 5.91 Å². The molecule has 0 unspecified atom stereocenters. The smallest absolute Gasteiger partial charge is 0.323 e. The van der Waals surface area contributed by atoms with Crippen molar-refractivity contribution in [3.8, 4) is 0 Å². The molecule has 0 saturated carbocycles. The molecule has 0 saturated heterocycles. The van der Waals surface area contributed by atoms with Crippen LogP contribution in [0.15, 0.2) is 60.7 Å². The van der Waals surface area contributed by atoms with Crippen LogP contribution in [0.1, 0.15) is 51.7 Å². The number of methoxy groups -OCH3 is 1. The van der Waals surface area contributed by atoms with Gasteiger partial charge < -0.3 is 19.4 Å². The number of benzene rings is 2. The molecule has 0 aromatic heterocycles. The normalized spacial score (nSPS) is 12.2. The molecule has 0 spiro atoms. The van der Waals surface area contributed by atoms with Gasteiger partial charge in [-0.2, -0.15) is 0 Å². The third kappa shape index (κ3) is 11.5. The minimum Gasteiger partial charge on any atom is -0.468 e. The van der Waals surface area contributed by atoms with E-state index in [4.69, 9.17) is 4.74 Å². The predicted octanol–water partition coefficient (Wildman–Crippen LogP) is 4.52. The molecule has 0 aliphatic heterocycles. The molecule has 0 N–H and O–H groups in total. The van der Waals surface area contributed by atoms with Gasteiger partial charge in [-0.3, -0.25) is 14.5 Å². The van der Waals surface area contributed by atoms with Gasteiger partial charge in [0.05, 0.1) is 7.11 Å². The van der Waals surface area contributed by atoms with Crippen LogP contribution in [0.3, 0.4) is 0 Å². The van der Waals surface area contributed by atoms with E-state index in [-0.39, 0.29) is 18.3 Å². The SMILES string of the molecule is CCN(CC)CCN(CCN(CC)CC)[C@@H](CCC(=O)N(Cc1ccccc1)Cc1ccccc1)C(=O)OC. The average Bonchev–Trinajstić information content (AvgIpc) is 2.98. The molecule has 0 heterocycles. The Bertz CT molecular complexity index is 875. The lowest BCUT2D eigenvalue weighted by Crippen LogP contribution is -2.49. The molecule has 0 aliphatic rings. The fourth-order valence-corrected chi connectivity index (χ4v) is 4.89. The molecule has 1 amide bonds. The van der Waals surface area contributed by atoms with Crippen molar-refractivity contribution in [3.63, 3.8) is 0 Å². The summed E-state index contributed by atoms with van der Waals surface area (Å²) < 4.78 is 5.26. The van der Waals surface area contributed by atoms with Crippen LogP contribution in [0.4, 0.5) is 0 Å². The quantitative estimate of drug-likeness (QED) is 0.245. The summed E-state index contributed by atoms with van der Waals surface area (Å²) in [6.07, 6.45) is 0.717. The van der Waals surface area contributed by atoms with Gasteiger partial charge in [-0.15, -0.1) is 0 Å². The summed E-state index contributed by atoms with van der Waals surface area (Å²) >= 11 is 0. The standard InChI is InChI=1S/C32H50N4O3/c1-6-33(7-2)22-24-35(25-23-34(8-3)9-4)30(32(38)39-5)20-21-31(37)36(26-28-16-12-10-13-17-28)27-29-18-14-11-15-19-29/h10-19,30H,6-9,20-27H2,1-5H3/t30-/m0/s1. The van der Waals surface area contributed by atoms with E-state index >= 15 is 0 Å². The van der Waals surface area contributed by atoms with Gasteiger partial charge in [-0.1, -0.05) is 88.4 Å². The maximum atomic E-state index is 13.6. The van der Waals surface area contributed by atoms with Crippen LogP contribution in [0.5, 0.6) is 0 Å². The van der Waals surface area contributed by atoms with Crippen LogP contribution < -0.4 is 0 Å². The molecule has 39 heavy (non-hydrogen) atoms. The Hall–Kier alpha value is -2.74. The maximum absolute atomic E-state index is 13.6. The Labute approximate surface area is 236 Å². The van der Waals surface area contributed by atoms with Crippen molar-refractivity contribution in [2.24, 2.45) is 0 Å². The number of rotatable bonds is 19. The largest absolute Gasteiger partial charge is 0.468 e. The van der Waals surface area contributed by atoms with E-state index < -0.39 is 6.04 Å². The molecule has 0 radical (unpaired) electrons. The van der Waals surface area contributed by atoms with Gasteiger partial charge in [0, 0.05) is 45.7 Å². The van der Waals surface area contributed by atoms with Crippen molar-refractivity contribution in [3.05, 3.63) is 71.8 Å². The Morgan fingerprint density at radius 3 is 1.51 bits per heavy atom. The van der Waals surface area contributed by atoms with Crippen molar-refractivity contribution in [1.29, 1.82) is 0 Å². The second-order valence-electron chi connectivity index (χ2n) is 9.89. The predicted molar refractivity (Wildman–Crippen MR) is 159 cm³/mol. The van der Waals surface area contributed by atoms with E-state index in [0.717, 1.165) is 63.5 Å². The third-order valence-electron chi connectivity index (χ3n) is 7.53. The van der Waals surface area contributed by atoms with Crippen LogP contribution in [-0.4, -0.2) is 97.0 Å². The van der Waals surface area contributed by atoms with Gasteiger partial charge in [0.25, 0.3) is 0 Å². The molecule has 0 bridgehead atoms. The third-order valence-corrected chi connectivity index (χ3v) is 7.53. The minimum atomic E-state index is -0.458. The van der Waals surface area contributed by atoms with Gasteiger partial charge in [-0.25, -0.2) is 0 Å². The maximum Gasteiger partial charge on any atom is 0.323 e. The number of hydrogen-bond donors (Lipinski definition) is 0. The van der Waals surface area contributed by atoms with E-state index in [1.54, 1.807) is 0 Å². The van der Waals surface area contributed by atoms with Crippen molar-refractivity contribution < 1.29 is 14.3 Å². The number of carbonyl (C=O) groups is 2. The lowest BCUT2D eigenvalue weighted by molar-refractivity contribution is -0.148. The highest BCUT2D eigenvalue weighted by molar-refractivity contribution is 5.79. The van der Waals surface area contributed by atoms with Crippen molar-refractivity contribution >= 4 is 11.9 Å². The summed E-state index contributed by atoms with van der Waals surface area (Å²) in [6, 6.07) is 19.7. The zero-order valence-corrected chi connectivity index (χ0v) is 24.8. The highest BCUT2D eigenvalue weighted by atomic mass is 16.5. The van der Waals surface area contributed by atoms with Crippen LogP contribution in [0.2, 0.25) is 0 Å². The van der Waals surface area contributed by atoms with Crippen molar-refractivity contribution in [1.82, 2.24) is 19.6 Å². The van der Waals surface area contributed by atoms with Gasteiger partial charge in [0.1, 0.15) is 6.04 Å². The van der Waals surface area contributed by atoms with Crippen molar-refractivity contribution in [2.75, 3.05) is 59.5 Å². The summed E-state index contributed by atoms with van der Waals surface area (Å²) in [7, 11) is 1.45. The van der Waals surface area contributed by atoms with Crippen LogP contribution in [-0.2, 0) is 27.4 Å². The topological polar surface area (TPSA) is 56.3 Å². The zero-order chi connectivity index (χ0) is 28.5. The first-order valence-corrected chi connectivity index (χ1v) is 14.6. The molecule has 216 valence electrons. The van der Waals surface area contributed by atoms with E-state index in [9.17, 15) is 9.59 Å². The second kappa shape index (κ2) is 18.5. The van der Waals surface area contributed by atoms with E-state index in [1.807, 2.05) is 65.6 Å². The van der Waals surface area contributed by atoms with Gasteiger partial charge in [-0.05, 0) is 43.7 Å². The summed E-state index contributed by atoms with van der Waals surface area (Å²) in [5.74, 6) is -0.219. The molecule has 1 atom stereocenters. The highest BCUT2D eigenvalue weighted by Gasteiger charge is 2.29. The summed E-state index contributed by atoms with van der Waals surface area (Å²) in [6.45, 7) is 16.9. The van der Waals surface area contributed by atoms with Crippen LogP contribution in [0, 0.1) is 0 Å². The fraction of sp³-hybridized carbons (Fsp3) is 0.562. The van der Waals surface area contributed by atoms with E-state index in [1.165, 1.54) is 7.11 Å². The summed E-state index contributed by atoms with van der Waals surface area (Å²) in [5.41, 5.74) is 2.18. The Balaban J connectivity index is 2.20. The number of carbonyl (C=O) groups excluding carboxylic acids is 2. The molecule has 0 fully saturated rings. The molecule has 2 rings (SSSR count). The monoisotopic (exact) mass is 538 g/mol. The zero-order valence-electron chi connectivity index (χ0n) is 24.8. The Morgan fingerprint density at radius 1 is 0.692 bits per heavy atom. The number of hydrogen-bond acceptors (Lipinski definition) is 6. The molecular formula is C32H50N4O3. The lowest BCUT2D eigenvalue weighted by Gasteiger charge is -2.33. The van der Waals surface area contributed by atoms with Gasteiger partial charge in [0.15, 0.2) is 0 Å².